The molecule has 1 heterocycles. The summed E-state index contributed by atoms with van der Waals surface area (Å²) in [5, 5.41) is 9.65. The van der Waals surface area contributed by atoms with Crippen molar-refractivity contribution in [3.05, 3.63) is 29.3 Å². The van der Waals surface area contributed by atoms with Gasteiger partial charge in [-0.15, -0.1) is 0 Å². The molecule has 5 nitrogen and oxygen atoms in total. The molecule has 1 aromatic rings. The molecule has 0 unspecified atom stereocenters. The minimum Gasteiger partial charge on any atom is -0.493 e. The Balaban J connectivity index is 1.61. The van der Waals surface area contributed by atoms with Crippen molar-refractivity contribution in [2.24, 2.45) is 11.8 Å². The quantitative estimate of drug-likeness (QED) is 0.812. The first-order chi connectivity index (χ1) is 12.5. The van der Waals surface area contributed by atoms with Gasteiger partial charge in [-0.05, 0) is 55.8 Å². The zero-order valence-electron chi connectivity index (χ0n) is 16.3. The van der Waals surface area contributed by atoms with E-state index in [0.29, 0.717) is 36.8 Å². The zero-order valence-corrected chi connectivity index (χ0v) is 16.3. The number of rotatable bonds is 7. The number of piperidine rings is 1. The van der Waals surface area contributed by atoms with Gasteiger partial charge in [-0.2, -0.15) is 0 Å². The summed E-state index contributed by atoms with van der Waals surface area (Å²) in [5.74, 6) is 2.27. The van der Waals surface area contributed by atoms with Gasteiger partial charge in [0, 0.05) is 38.2 Å². The second-order valence-corrected chi connectivity index (χ2v) is 7.99. The summed E-state index contributed by atoms with van der Waals surface area (Å²) in [7, 11) is 4.10. The molecule has 1 saturated heterocycles. The third kappa shape index (κ3) is 4.21. The fraction of sp³-hybridized carbons (Fsp3) is 0.667. The number of aliphatic hydroxyl groups excluding tert-OH is 1. The van der Waals surface area contributed by atoms with E-state index < -0.39 is 0 Å². The van der Waals surface area contributed by atoms with Crippen LogP contribution in [0.25, 0.3) is 0 Å². The lowest BCUT2D eigenvalue weighted by atomic mass is 9.88. The van der Waals surface area contributed by atoms with E-state index in [4.69, 9.17) is 4.74 Å². The minimum absolute atomic E-state index is 0.00136. The minimum atomic E-state index is -0.00136. The van der Waals surface area contributed by atoms with E-state index in [-0.39, 0.29) is 6.61 Å². The zero-order chi connectivity index (χ0) is 18.7. The third-order valence-electron chi connectivity index (χ3n) is 6.00. The van der Waals surface area contributed by atoms with Gasteiger partial charge in [-0.3, -0.25) is 9.69 Å². The first kappa shape index (κ1) is 19.2. The highest BCUT2D eigenvalue weighted by Gasteiger charge is 2.41. The summed E-state index contributed by atoms with van der Waals surface area (Å²) in [4.78, 5) is 16.3. The van der Waals surface area contributed by atoms with Crippen LogP contribution in [0.3, 0.4) is 0 Å². The van der Waals surface area contributed by atoms with Crippen LogP contribution in [0.15, 0.2) is 18.2 Å². The number of likely N-dealkylation sites (tertiary alicyclic amines) is 1. The number of hydrogen-bond donors (Lipinski definition) is 1. The molecule has 2 aliphatic rings. The van der Waals surface area contributed by atoms with Crippen molar-refractivity contribution >= 4 is 5.91 Å². The second kappa shape index (κ2) is 8.40. The van der Waals surface area contributed by atoms with Crippen LogP contribution in [0, 0.1) is 11.8 Å². The number of nitrogens with zero attached hydrogens (tertiary/aromatic N) is 2. The highest BCUT2D eigenvalue weighted by Crippen LogP contribution is 2.40. The lowest BCUT2D eigenvalue weighted by molar-refractivity contribution is -0.134. The molecule has 0 aromatic heterocycles. The Kier molecular flexibility index (Phi) is 6.20. The molecule has 1 saturated carbocycles. The molecular weight excluding hydrogens is 328 g/mol. The van der Waals surface area contributed by atoms with Crippen molar-refractivity contribution in [1.82, 2.24) is 9.80 Å². The number of amides is 1. The van der Waals surface area contributed by atoms with Gasteiger partial charge in [0.05, 0.1) is 13.2 Å². The van der Waals surface area contributed by atoms with Crippen molar-refractivity contribution in [3.8, 4) is 5.75 Å². The molecule has 1 aliphatic carbocycles. The number of carbonyl (C=O) groups is 1. The van der Waals surface area contributed by atoms with Gasteiger partial charge in [-0.1, -0.05) is 13.0 Å². The topological polar surface area (TPSA) is 53.0 Å². The summed E-state index contributed by atoms with van der Waals surface area (Å²) in [5.41, 5.74) is 2.06. The molecule has 3 rings (SSSR count). The van der Waals surface area contributed by atoms with Crippen LogP contribution in [0.1, 0.15) is 43.7 Å². The lowest BCUT2D eigenvalue weighted by Crippen LogP contribution is -2.39. The lowest BCUT2D eigenvalue weighted by Gasteiger charge is -2.31. The molecule has 3 atom stereocenters. The summed E-state index contributed by atoms with van der Waals surface area (Å²) in [6, 6.07) is 6.66. The average molecular weight is 360 g/mol. The van der Waals surface area contributed by atoms with Gasteiger partial charge in [-0.25, -0.2) is 0 Å². The second-order valence-electron chi connectivity index (χ2n) is 7.99. The molecule has 26 heavy (non-hydrogen) atoms. The van der Waals surface area contributed by atoms with Crippen LogP contribution >= 0.6 is 0 Å². The maximum Gasteiger partial charge on any atom is 0.222 e. The highest BCUT2D eigenvalue weighted by molar-refractivity contribution is 5.77. The number of hydrogen-bond acceptors (Lipinski definition) is 4. The van der Waals surface area contributed by atoms with Gasteiger partial charge >= 0.3 is 0 Å². The summed E-state index contributed by atoms with van der Waals surface area (Å²) >= 11 is 0. The Labute approximate surface area is 156 Å². The first-order valence-corrected chi connectivity index (χ1v) is 9.81. The SMILES string of the molecule is CCCOc1ccc(CN(C)[C@@H]2C[C@@H]3CC(=O)N(C)C[C@@H]3C2)cc1CO. The molecule has 1 amide bonds. The maximum atomic E-state index is 12.0. The van der Waals surface area contributed by atoms with Crippen LogP contribution in [-0.4, -0.2) is 54.1 Å². The van der Waals surface area contributed by atoms with E-state index in [1.54, 1.807) is 0 Å². The average Bonchev–Trinajstić information content (AvgIpc) is 3.03. The number of aliphatic hydroxyl groups is 1. The fourth-order valence-electron chi connectivity index (χ4n) is 4.47. The Bertz CT molecular complexity index is 634. The molecule has 1 aromatic carbocycles. The molecule has 5 heteroatoms. The summed E-state index contributed by atoms with van der Waals surface area (Å²) in [6.45, 7) is 4.51. The molecule has 0 bridgehead atoms. The molecule has 0 spiro atoms. The van der Waals surface area contributed by atoms with E-state index in [1.165, 1.54) is 12.0 Å². The summed E-state index contributed by atoms with van der Waals surface area (Å²) in [6.07, 6.45) is 3.95. The Morgan fingerprint density at radius 2 is 2.08 bits per heavy atom. The van der Waals surface area contributed by atoms with Gasteiger partial charge in [0.2, 0.25) is 5.91 Å². The van der Waals surface area contributed by atoms with Gasteiger partial charge < -0.3 is 14.7 Å². The van der Waals surface area contributed by atoms with E-state index in [9.17, 15) is 9.90 Å². The standard InChI is InChI=1S/C21H32N2O3/c1-4-7-26-20-6-5-15(8-18(20)14-24)12-22(2)19-9-16-11-21(25)23(3)13-17(16)10-19/h5-6,8,16-17,19,24H,4,7,9-14H2,1-3H3/t16-,17+,19-/m1/s1. The fourth-order valence-corrected chi connectivity index (χ4v) is 4.47. The monoisotopic (exact) mass is 360 g/mol. The van der Waals surface area contributed by atoms with Crippen molar-refractivity contribution in [2.45, 2.75) is 51.8 Å². The predicted molar refractivity (Wildman–Crippen MR) is 102 cm³/mol. The van der Waals surface area contributed by atoms with Gasteiger partial charge in [0.1, 0.15) is 5.75 Å². The van der Waals surface area contributed by atoms with Gasteiger partial charge in [0.25, 0.3) is 0 Å². The van der Waals surface area contributed by atoms with Crippen molar-refractivity contribution in [1.29, 1.82) is 0 Å². The van der Waals surface area contributed by atoms with Crippen molar-refractivity contribution in [3.63, 3.8) is 0 Å². The van der Waals surface area contributed by atoms with Crippen LogP contribution < -0.4 is 4.74 Å². The number of fused-ring (bicyclic) bond motifs is 1. The molecule has 2 fully saturated rings. The Morgan fingerprint density at radius 1 is 1.31 bits per heavy atom. The molecule has 0 radical (unpaired) electrons. The van der Waals surface area contributed by atoms with E-state index in [2.05, 4.69) is 31.0 Å². The molecule has 1 aliphatic heterocycles. The van der Waals surface area contributed by atoms with Crippen LogP contribution in [0.5, 0.6) is 5.75 Å². The largest absolute Gasteiger partial charge is 0.493 e. The molecule has 1 N–H and O–H groups in total. The smallest absolute Gasteiger partial charge is 0.222 e. The normalized spacial score (nSPS) is 25.7. The number of benzene rings is 1. The van der Waals surface area contributed by atoms with Gasteiger partial charge in [0.15, 0.2) is 0 Å². The predicted octanol–water partition coefficient (Wildman–Crippen LogP) is 2.66. The first-order valence-electron chi connectivity index (χ1n) is 9.81. The van der Waals surface area contributed by atoms with Crippen LogP contribution in [-0.2, 0) is 17.9 Å². The maximum absolute atomic E-state index is 12.0. The Hall–Kier alpha value is -1.59. The van der Waals surface area contributed by atoms with Crippen LogP contribution in [0.2, 0.25) is 0 Å². The van der Waals surface area contributed by atoms with Crippen LogP contribution in [0.4, 0.5) is 0 Å². The van der Waals surface area contributed by atoms with Crippen molar-refractivity contribution in [2.75, 3.05) is 27.2 Å². The third-order valence-corrected chi connectivity index (χ3v) is 6.00. The highest BCUT2D eigenvalue weighted by atomic mass is 16.5. The van der Waals surface area contributed by atoms with E-state index in [1.807, 2.05) is 18.0 Å². The van der Waals surface area contributed by atoms with E-state index in [0.717, 1.165) is 37.2 Å². The molecule has 144 valence electrons. The van der Waals surface area contributed by atoms with Crippen molar-refractivity contribution < 1.29 is 14.6 Å². The number of ether oxygens (including phenoxy) is 1. The van der Waals surface area contributed by atoms with E-state index >= 15 is 0 Å². The molecular formula is C21H32N2O3. The number of carbonyl (C=O) groups excluding carboxylic acids is 1. The summed E-state index contributed by atoms with van der Waals surface area (Å²) < 4.78 is 5.71. The Morgan fingerprint density at radius 3 is 2.81 bits per heavy atom.